The number of ether oxygens (including phenoxy) is 1. The number of hydrogen-bond donors (Lipinski definition) is 1. The van der Waals surface area contributed by atoms with Crippen LogP contribution in [0.5, 0.6) is 5.75 Å². The van der Waals surface area contributed by atoms with Gasteiger partial charge in [0.2, 0.25) is 5.91 Å². The van der Waals surface area contributed by atoms with Gasteiger partial charge in [-0.25, -0.2) is 0 Å². The highest BCUT2D eigenvalue weighted by atomic mass is 35.5. The van der Waals surface area contributed by atoms with Crippen LogP contribution in [-0.2, 0) is 11.0 Å². The molecular formula is C20H21ClF3N3O2. The van der Waals surface area contributed by atoms with Crippen LogP contribution in [0.4, 0.5) is 24.5 Å². The molecule has 0 radical (unpaired) electrons. The van der Waals surface area contributed by atoms with Crippen molar-refractivity contribution in [3.8, 4) is 5.75 Å². The molecule has 0 unspecified atom stereocenters. The summed E-state index contributed by atoms with van der Waals surface area (Å²) in [6, 6.07) is 11.1. The fourth-order valence-corrected chi connectivity index (χ4v) is 3.53. The van der Waals surface area contributed by atoms with E-state index in [-0.39, 0.29) is 11.6 Å². The van der Waals surface area contributed by atoms with Crippen molar-refractivity contribution >= 4 is 28.9 Å². The molecule has 0 aliphatic carbocycles. The Morgan fingerprint density at radius 3 is 2.45 bits per heavy atom. The molecule has 1 saturated heterocycles. The second kappa shape index (κ2) is 8.92. The first kappa shape index (κ1) is 21.3. The molecule has 0 spiro atoms. The summed E-state index contributed by atoms with van der Waals surface area (Å²) in [6.45, 7) is 2.53. The molecule has 3 rings (SSSR count). The summed E-state index contributed by atoms with van der Waals surface area (Å²) < 4.78 is 44.9. The number of carbonyl (C=O) groups excluding carboxylic acids is 1. The average Bonchev–Trinajstić information content (AvgIpc) is 2.69. The molecule has 156 valence electrons. The molecule has 0 saturated carbocycles. The van der Waals surface area contributed by atoms with Crippen LogP contribution in [0.1, 0.15) is 5.56 Å². The first-order chi connectivity index (χ1) is 13.8. The Kier molecular flexibility index (Phi) is 6.54. The lowest BCUT2D eigenvalue weighted by Crippen LogP contribution is -2.48. The molecule has 2 aromatic rings. The molecular weight excluding hydrogens is 407 g/mol. The maximum atomic E-state index is 13.2. The molecule has 5 nitrogen and oxygen atoms in total. The van der Waals surface area contributed by atoms with Crippen LogP contribution in [0.2, 0.25) is 5.02 Å². The van der Waals surface area contributed by atoms with Gasteiger partial charge < -0.3 is 15.0 Å². The number of benzene rings is 2. The van der Waals surface area contributed by atoms with Gasteiger partial charge >= 0.3 is 6.18 Å². The van der Waals surface area contributed by atoms with E-state index in [2.05, 4.69) is 10.2 Å². The molecule has 29 heavy (non-hydrogen) atoms. The summed E-state index contributed by atoms with van der Waals surface area (Å²) in [5, 5.41) is 2.18. The second-order valence-corrected chi connectivity index (χ2v) is 7.05. The summed E-state index contributed by atoms with van der Waals surface area (Å²) in [5.41, 5.74) is -0.386. The number of hydrogen-bond acceptors (Lipinski definition) is 4. The summed E-state index contributed by atoms with van der Waals surface area (Å²) in [5.74, 6) is 0.242. The summed E-state index contributed by atoms with van der Waals surface area (Å²) in [4.78, 5) is 16.4. The topological polar surface area (TPSA) is 44.8 Å². The summed E-state index contributed by atoms with van der Waals surface area (Å²) in [7, 11) is 1.61. The Morgan fingerprint density at radius 1 is 1.10 bits per heavy atom. The Hall–Kier alpha value is -2.45. The highest BCUT2D eigenvalue weighted by molar-refractivity contribution is 6.34. The highest BCUT2D eigenvalue weighted by Gasteiger charge is 2.35. The molecule has 1 aliphatic heterocycles. The van der Waals surface area contributed by atoms with E-state index in [0.717, 1.165) is 17.5 Å². The van der Waals surface area contributed by atoms with Gasteiger partial charge in [-0.2, -0.15) is 13.2 Å². The minimum Gasteiger partial charge on any atom is -0.495 e. The molecule has 1 N–H and O–H groups in total. The van der Waals surface area contributed by atoms with Gasteiger partial charge in [-0.1, -0.05) is 29.8 Å². The lowest BCUT2D eigenvalue weighted by molar-refractivity contribution is -0.137. The number of nitrogens with zero attached hydrogens (tertiary/aromatic N) is 2. The third kappa shape index (κ3) is 5.13. The number of para-hydroxylation sites is 3. The van der Waals surface area contributed by atoms with Gasteiger partial charge in [-0.15, -0.1) is 0 Å². The normalized spacial score (nSPS) is 15.3. The van der Waals surface area contributed by atoms with Crippen LogP contribution in [0.25, 0.3) is 0 Å². The Labute approximate surface area is 172 Å². The Morgan fingerprint density at radius 2 is 1.79 bits per heavy atom. The van der Waals surface area contributed by atoms with Gasteiger partial charge in [-0.05, 0) is 24.3 Å². The minimum atomic E-state index is -4.60. The predicted octanol–water partition coefficient (Wildman–Crippen LogP) is 4.13. The number of methoxy groups -OCH3 is 1. The van der Waals surface area contributed by atoms with Crippen LogP contribution in [0, 0.1) is 0 Å². The van der Waals surface area contributed by atoms with Gasteiger partial charge in [0.1, 0.15) is 5.75 Å². The number of carbonyl (C=O) groups is 1. The molecule has 0 bridgehead atoms. The van der Waals surface area contributed by atoms with Crippen LogP contribution < -0.4 is 15.0 Å². The molecule has 1 heterocycles. The number of rotatable bonds is 5. The molecule has 1 fully saturated rings. The third-order valence-electron chi connectivity index (χ3n) is 4.75. The second-order valence-electron chi connectivity index (χ2n) is 6.64. The monoisotopic (exact) mass is 427 g/mol. The van der Waals surface area contributed by atoms with E-state index in [1.54, 1.807) is 7.11 Å². The van der Waals surface area contributed by atoms with E-state index >= 15 is 0 Å². The minimum absolute atomic E-state index is 0.0116. The van der Waals surface area contributed by atoms with Crippen molar-refractivity contribution in [3.63, 3.8) is 0 Å². The zero-order valence-electron chi connectivity index (χ0n) is 15.8. The predicted molar refractivity (Wildman–Crippen MR) is 107 cm³/mol. The number of piperazine rings is 1. The van der Waals surface area contributed by atoms with E-state index < -0.39 is 23.3 Å². The van der Waals surface area contributed by atoms with Crippen molar-refractivity contribution in [2.24, 2.45) is 0 Å². The molecule has 1 aliphatic rings. The summed E-state index contributed by atoms with van der Waals surface area (Å²) >= 11 is 5.89. The maximum absolute atomic E-state index is 13.2. The largest absolute Gasteiger partial charge is 0.495 e. The standard InChI is InChI=1S/C20H21ClF3N3O2/c1-29-17-8-3-2-7-16(17)27-11-9-26(10-12-27)13-18(28)25-19-14(20(22,23)24)5-4-6-15(19)21/h2-8H,9-13H2,1H3,(H,25,28). The van der Waals surface area contributed by atoms with E-state index in [0.29, 0.717) is 26.2 Å². The Bertz CT molecular complexity index is 868. The lowest BCUT2D eigenvalue weighted by atomic mass is 10.1. The highest BCUT2D eigenvalue weighted by Crippen LogP contribution is 2.38. The molecule has 0 atom stereocenters. The fraction of sp³-hybridized carbons (Fsp3) is 0.350. The Balaban J connectivity index is 1.60. The SMILES string of the molecule is COc1ccccc1N1CCN(CC(=O)Nc2c(Cl)cccc2C(F)(F)F)CC1. The molecule has 0 aromatic heterocycles. The van der Waals surface area contributed by atoms with Crippen molar-refractivity contribution in [1.29, 1.82) is 0 Å². The average molecular weight is 428 g/mol. The number of halogens is 4. The van der Waals surface area contributed by atoms with E-state index in [9.17, 15) is 18.0 Å². The van der Waals surface area contributed by atoms with Crippen molar-refractivity contribution in [3.05, 3.63) is 53.1 Å². The number of amides is 1. The van der Waals surface area contributed by atoms with E-state index in [1.807, 2.05) is 29.2 Å². The maximum Gasteiger partial charge on any atom is 0.418 e. The first-order valence-corrected chi connectivity index (χ1v) is 9.43. The van der Waals surface area contributed by atoms with Crippen LogP contribution in [0.15, 0.2) is 42.5 Å². The smallest absolute Gasteiger partial charge is 0.418 e. The molecule has 2 aromatic carbocycles. The fourth-order valence-electron chi connectivity index (χ4n) is 3.31. The van der Waals surface area contributed by atoms with Gasteiger partial charge in [0, 0.05) is 26.2 Å². The zero-order valence-corrected chi connectivity index (χ0v) is 16.6. The van der Waals surface area contributed by atoms with Crippen LogP contribution >= 0.6 is 11.6 Å². The van der Waals surface area contributed by atoms with Crippen molar-refractivity contribution < 1.29 is 22.7 Å². The van der Waals surface area contributed by atoms with Gasteiger partial charge in [0.15, 0.2) is 0 Å². The number of alkyl halides is 3. The molecule has 1 amide bonds. The van der Waals surface area contributed by atoms with Gasteiger partial charge in [-0.3, -0.25) is 9.69 Å². The van der Waals surface area contributed by atoms with Gasteiger partial charge in [0.25, 0.3) is 0 Å². The van der Waals surface area contributed by atoms with Crippen LogP contribution in [0.3, 0.4) is 0 Å². The lowest BCUT2D eigenvalue weighted by Gasteiger charge is -2.36. The number of anilines is 2. The number of nitrogens with one attached hydrogen (secondary N) is 1. The quantitative estimate of drug-likeness (QED) is 0.779. The zero-order chi connectivity index (χ0) is 21.0. The van der Waals surface area contributed by atoms with Crippen molar-refractivity contribution in [1.82, 2.24) is 4.90 Å². The van der Waals surface area contributed by atoms with Crippen LogP contribution in [-0.4, -0.2) is 50.6 Å². The van der Waals surface area contributed by atoms with Crippen molar-refractivity contribution in [2.45, 2.75) is 6.18 Å². The first-order valence-electron chi connectivity index (χ1n) is 9.05. The van der Waals surface area contributed by atoms with E-state index in [1.165, 1.54) is 12.1 Å². The third-order valence-corrected chi connectivity index (χ3v) is 5.06. The van der Waals surface area contributed by atoms with Crippen molar-refractivity contribution in [2.75, 3.05) is 50.1 Å². The van der Waals surface area contributed by atoms with Gasteiger partial charge in [0.05, 0.1) is 35.6 Å². The summed E-state index contributed by atoms with van der Waals surface area (Å²) in [6.07, 6.45) is -4.60. The molecule has 9 heteroatoms. The van der Waals surface area contributed by atoms with E-state index in [4.69, 9.17) is 16.3 Å².